The molecule has 0 saturated carbocycles. The molecule has 0 aromatic carbocycles. The average Bonchev–Trinajstić information content (AvgIpc) is 3.09. The summed E-state index contributed by atoms with van der Waals surface area (Å²) in [5, 5.41) is 8.85. The largest absolute Gasteiger partial charge is 0.378 e. The fourth-order valence-corrected chi connectivity index (χ4v) is 2.83. The van der Waals surface area contributed by atoms with Crippen LogP contribution in [0, 0.1) is 0 Å². The number of carbonyl (C=O) groups is 2. The van der Waals surface area contributed by atoms with Gasteiger partial charge in [-0.3, -0.25) is 14.7 Å². The quantitative estimate of drug-likeness (QED) is 0.792. The average molecular weight is 321 g/mol. The van der Waals surface area contributed by atoms with Gasteiger partial charge in [-0.15, -0.1) is 11.3 Å². The second-order valence-corrected chi connectivity index (χ2v) is 6.03. The van der Waals surface area contributed by atoms with Crippen molar-refractivity contribution in [1.29, 1.82) is 0 Å². The number of carbonyl (C=O) groups excluding carboxylic acids is 2. The number of Topliss-reactive ketones (excluding diaryl/α,β-unsaturated/α-hetero) is 1. The van der Waals surface area contributed by atoms with Crippen molar-refractivity contribution < 1.29 is 14.3 Å². The van der Waals surface area contributed by atoms with Gasteiger partial charge in [-0.1, -0.05) is 0 Å². The van der Waals surface area contributed by atoms with Crippen molar-refractivity contribution in [3.05, 3.63) is 39.3 Å². The first-order valence-electron chi connectivity index (χ1n) is 6.84. The van der Waals surface area contributed by atoms with E-state index in [1.807, 2.05) is 11.4 Å². The molecule has 0 aliphatic carbocycles. The molecule has 1 N–H and O–H groups in total. The normalized spacial score (nSPS) is 10.7. The maximum atomic E-state index is 12.2. The Hall–Kier alpha value is -1.99. The van der Waals surface area contributed by atoms with Crippen LogP contribution in [-0.2, 0) is 29.1 Å². The van der Waals surface area contributed by atoms with E-state index >= 15 is 0 Å². The van der Waals surface area contributed by atoms with Crippen molar-refractivity contribution in [2.24, 2.45) is 0 Å². The van der Waals surface area contributed by atoms with E-state index < -0.39 is 0 Å². The smallest absolute Gasteiger partial charge is 0.227 e. The summed E-state index contributed by atoms with van der Waals surface area (Å²) in [5.74, 6) is 0.0241. The van der Waals surface area contributed by atoms with Crippen LogP contribution in [0.5, 0.6) is 0 Å². The number of thiophene rings is 1. The molecule has 2 aromatic rings. The molecule has 118 valence electrons. The van der Waals surface area contributed by atoms with E-state index in [-0.39, 0.29) is 11.7 Å². The third kappa shape index (κ3) is 4.25. The Labute approximate surface area is 133 Å². The molecule has 0 unspecified atom stereocenters. The Morgan fingerprint density at radius 3 is 2.82 bits per heavy atom. The first kappa shape index (κ1) is 16.4. The van der Waals surface area contributed by atoms with E-state index in [1.54, 1.807) is 25.1 Å². The second-order valence-electron chi connectivity index (χ2n) is 5.12. The lowest BCUT2D eigenvalue weighted by Gasteiger charge is -2.15. The minimum atomic E-state index is -0.00389. The second kappa shape index (κ2) is 7.33. The van der Waals surface area contributed by atoms with Crippen LogP contribution in [0.3, 0.4) is 0 Å². The van der Waals surface area contributed by atoms with Gasteiger partial charge in [0, 0.05) is 14.2 Å². The third-order valence-corrected chi connectivity index (χ3v) is 4.25. The van der Waals surface area contributed by atoms with Crippen LogP contribution < -0.4 is 0 Å². The molecule has 0 atom stereocenters. The Morgan fingerprint density at radius 1 is 1.41 bits per heavy atom. The predicted octanol–water partition coefficient (Wildman–Crippen LogP) is 2.02. The number of nitrogens with one attached hydrogen (secondary N) is 1. The summed E-state index contributed by atoms with van der Waals surface area (Å²) < 4.78 is 5.00. The zero-order valence-corrected chi connectivity index (χ0v) is 13.7. The highest BCUT2D eigenvalue weighted by molar-refractivity contribution is 7.12. The molecule has 6 nitrogen and oxygen atoms in total. The van der Waals surface area contributed by atoms with Crippen LogP contribution in [0.2, 0.25) is 0 Å². The number of ether oxygens (including phenoxy) is 1. The molecular formula is C15H19N3O3S. The van der Waals surface area contributed by atoms with E-state index in [0.717, 1.165) is 17.0 Å². The van der Waals surface area contributed by atoms with Gasteiger partial charge in [0.25, 0.3) is 0 Å². The van der Waals surface area contributed by atoms with Crippen LogP contribution in [0.1, 0.15) is 33.5 Å². The highest BCUT2D eigenvalue weighted by Crippen LogP contribution is 2.16. The lowest BCUT2D eigenvalue weighted by molar-refractivity contribution is -0.129. The van der Waals surface area contributed by atoms with Gasteiger partial charge in [0.1, 0.15) is 0 Å². The van der Waals surface area contributed by atoms with Crippen molar-refractivity contribution in [3.8, 4) is 0 Å². The maximum absolute atomic E-state index is 12.2. The van der Waals surface area contributed by atoms with Gasteiger partial charge in [0.05, 0.1) is 35.8 Å². The zero-order valence-electron chi connectivity index (χ0n) is 12.9. The molecule has 0 aliphatic rings. The van der Waals surface area contributed by atoms with E-state index in [2.05, 4.69) is 10.2 Å². The number of ketones is 1. The zero-order chi connectivity index (χ0) is 16.1. The lowest BCUT2D eigenvalue weighted by atomic mass is 10.2. The summed E-state index contributed by atoms with van der Waals surface area (Å²) in [5.41, 5.74) is 2.54. The Bertz CT molecular complexity index is 663. The SMILES string of the molecule is COCc1cc(CN(C)C(=O)Cc2csc(C(C)=O)c2)[nH]n1. The number of nitrogens with zero attached hydrogens (tertiary/aromatic N) is 2. The molecular weight excluding hydrogens is 302 g/mol. The highest BCUT2D eigenvalue weighted by Gasteiger charge is 2.13. The summed E-state index contributed by atoms with van der Waals surface area (Å²) in [7, 11) is 3.36. The third-order valence-electron chi connectivity index (χ3n) is 3.17. The molecule has 0 aliphatic heterocycles. The number of amides is 1. The Kier molecular flexibility index (Phi) is 5.46. The molecule has 0 fully saturated rings. The molecule has 0 spiro atoms. The highest BCUT2D eigenvalue weighted by atomic mass is 32.1. The minimum absolute atomic E-state index is 0.00389. The number of rotatable bonds is 7. The molecule has 2 heterocycles. The Morgan fingerprint density at radius 2 is 2.18 bits per heavy atom. The number of hydrogen-bond acceptors (Lipinski definition) is 5. The van der Waals surface area contributed by atoms with Crippen molar-refractivity contribution >= 4 is 23.0 Å². The van der Waals surface area contributed by atoms with Crippen LogP contribution in [0.15, 0.2) is 17.5 Å². The fraction of sp³-hybridized carbons (Fsp3) is 0.400. The van der Waals surface area contributed by atoms with Crippen molar-refractivity contribution in [2.45, 2.75) is 26.5 Å². The van der Waals surface area contributed by atoms with Crippen molar-refractivity contribution in [2.75, 3.05) is 14.2 Å². The summed E-state index contributed by atoms with van der Waals surface area (Å²) >= 11 is 1.37. The molecule has 22 heavy (non-hydrogen) atoms. The fourth-order valence-electron chi connectivity index (χ4n) is 2.02. The predicted molar refractivity (Wildman–Crippen MR) is 83.8 cm³/mol. The number of hydrogen-bond donors (Lipinski definition) is 1. The van der Waals surface area contributed by atoms with Gasteiger partial charge in [-0.05, 0) is 30.0 Å². The molecule has 0 radical (unpaired) electrons. The number of aromatic nitrogens is 2. The molecule has 2 rings (SSSR count). The van der Waals surface area contributed by atoms with E-state index in [9.17, 15) is 9.59 Å². The van der Waals surface area contributed by atoms with Gasteiger partial charge in [-0.25, -0.2) is 0 Å². The van der Waals surface area contributed by atoms with E-state index in [1.165, 1.54) is 18.3 Å². The minimum Gasteiger partial charge on any atom is -0.378 e. The number of aromatic amines is 1. The molecule has 1 amide bonds. The van der Waals surface area contributed by atoms with Gasteiger partial charge >= 0.3 is 0 Å². The first-order chi connectivity index (χ1) is 10.5. The summed E-state index contributed by atoms with van der Waals surface area (Å²) in [6, 6.07) is 3.66. The number of likely N-dealkylation sites (N-methyl/N-ethyl adjacent to an activating group) is 1. The van der Waals surface area contributed by atoms with Crippen LogP contribution in [0.25, 0.3) is 0 Å². The van der Waals surface area contributed by atoms with Gasteiger partial charge in [-0.2, -0.15) is 5.10 Å². The maximum Gasteiger partial charge on any atom is 0.227 e. The van der Waals surface area contributed by atoms with Crippen molar-refractivity contribution in [3.63, 3.8) is 0 Å². The topological polar surface area (TPSA) is 75.3 Å². The van der Waals surface area contributed by atoms with E-state index in [4.69, 9.17) is 4.74 Å². The summed E-state index contributed by atoms with van der Waals surface area (Å²) in [6.45, 7) is 2.43. The summed E-state index contributed by atoms with van der Waals surface area (Å²) in [6.07, 6.45) is 0.291. The lowest BCUT2D eigenvalue weighted by Crippen LogP contribution is -2.27. The monoisotopic (exact) mass is 321 g/mol. The van der Waals surface area contributed by atoms with Crippen molar-refractivity contribution in [1.82, 2.24) is 15.1 Å². The number of methoxy groups -OCH3 is 1. The van der Waals surface area contributed by atoms with Gasteiger partial charge < -0.3 is 9.64 Å². The molecule has 2 aromatic heterocycles. The molecule has 0 bridgehead atoms. The summed E-state index contributed by atoms with van der Waals surface area (Å²) in [4.78, 5) is 25.8. The van der Waals surface area contributed by atoms with Gasteiger partial charge in [0.15, 0.2) is 5.78 Å². The molecule has 7 heteroatoms. The number of H-pyrrole nitrogens is 1. The van der Waals surface area contributed by atoms with Crippen LogP contribution in [0.4, 0.5) is 0 Å². The van der Waals surface area contributed by atoms with Gasteiger partial charge in [0.2, 0.25) is 5.91 Å². The van der Waals surface area contributed by atoms with Crippen LogP contribution >= 0.6 is 11.3 Å². The first-order valence-corrected chi connectivity index (χ1v) is 7.72. The van der Waals surface area contributed by atoms with Crippen LogP contribution in [-0.4, -0.2) is 40.9 Å². The molecule has 0 saturated heterocycles. The standard InChI is InChI=1S/C15H19N3O3S/c1-10(19)14-4-11(9-22-14)5-15(20)18(2)7-12-6-13(8-21-3)17-16-12/h4,6,9H,5,7-8H2,1-3H3,(H,16,17). The van der Waals surface area contributed by atoms with E-state index in [0.29, 0.717) is 24.4 Å². The Balaban J connectivity index is 1.91.